The third kappa shape index (κ3) is 2.13. The second kappa shape index (κ2) is 4.19. The van der Waals surface area contributed by atoms with Crippen LogP contribution in [0.4, 0.5) is 0 Å². The average Bonchev–Trinajstić information content (AvgIpc) is 2.31. The Balaban J connectivity index is 2.26. The summed E-state index contributed by atoms with van der Waals surface area (Å²) in [6, 6.07) is 9.95. The van der Waals surface area contributed by atoms with Gasteiger partial charge in [0.25, 0.3) is 0 Å². The molecule has 0 saturated heterocycles. The van der Waals surface area contributed by atoms with Crippen molar-refractivity contribution in [3.63, 3.8) is 0 Å². The van der Waals surface area contributed by atoms with Crippen molar-refractivity contribution >= 4 is 0 Å². The Bertz CT molecular complexity index is 338. The van der Waals surface area contributed by atoms with Crippen LogP contribution < -0.4 is 0 Å². The van der Waals surface area contributed by atoms with Crippen LogP contribution in [0.3, 0.4) is 0 Å². The van der Waals surface area contributed by atoms with Gasteiger partial charge in [0.05, 0.1) is 5.60 Å². The molecule has 0 saturated carbocycles. The molecule has 2 atom stereocenters. The lowest BCUT2D eigenvalue weighted by Gasteiger charge is -2.33. The van der Waals surface area contributed by atoms with Crippen LogP contribution in [-0.2, 0) is 5.60 Å². The largest absolute Gasteiger partial charge is 0.385 e. The minimum Gasteiger partial charge on any atom is -0.385 e. The molecular weight excluding hydrogens is 184 g/mol. The fraction of sp³-hybridized carbons (Fsp3) is 0.429. The van der Waals surface area contributed by atoms with E-state index < -0.39 is 5.60 Å². The molecule has 1 aromatic rings. The SMILES string of the molecule is CC(O)(c1ccccc1)C1C=CCCC1. The van der Waals surface area contributed by atoms with Crippen LogP contribution in [0.25, 0.3) is 0 Å². The van der Waals surface area contributed by atoms with E-state index in [1.54, 1.807) is 0 Å². The lowest BCUT2D eigenvalue weighted by molar-refractivity contribution is 0.00800. The van der Waals surface area contributed by atoms with E-state index in [1.165, 1.54) is 6.42 Å². The third-order valence-corrected chi connectivity index (χ3v) is 3.33. The van der Waals surface area contributed by atoms with Crippen molar-refractivity contribution in [3.8, 4) is 0 Å². The predicted molar refractivity (Wildman–Crippen MR) is 62.5 cm³/mol. The Labute approximate surface area is 91.4 Å². The first-order valence-corrected chi connectivity index (χ1v) is 5.66. The highest BCUT2D eigenvalue weighted by atomic mass is 16.3. The van der Waals surface area contributed by atoms with Crippen LogP contribution in [0.1, 0.15) is 31.7 Å². The van der Waals surface area contributed by atoms with Gasteiger partial charge in [-0.25, -0.2) is 0 Å². The maximum Gasteiger partial charge on any atom is 0.0930 e. The summed E-state index contributed by atoms with van der Waals surface area (Å²) < 4.78 is 0. The van der Waals surface area contributed by atoms with Crippen molar-refractivity contribution in [1.82, 2.24) is 0 Å². The zero-order valence-corrected chi connectivity index (χ0v) is 9.19. The lowest BCUT2D eigenvalue weighted by Crippen LogP contribution is -2.31. The Morgan fingerprint density at radius 1 is 1.27 bits per heavy atom. The van der Waals surface area contributed by atoms with Gasteiger partial charge in [-0.1, -0.05) is 42.5 Å². The molecule has 1 heteroatoms. The van der Waals surface area contributed by atoms with Crippen LogP contribution in [0, 0.1) is 5.92 Å². The molecule has 0 aromatic heterocycles. The second-order valence-corrected chi connectivity index (χ2v) is 4.48. The molecule has 2 rings (SSSR count). The quantitative estimate of drug-likeness (QED) is 0.730. The Hall–Kier alpha value is -1.08. The number of hydrogen-bond acceptors (Lipinski definition) is 1. The van der Waals surface area contributed by atoms with Crippen LogP contribution in [0.5, 0.6) is 0 Å². The molecule has 0 fully saturated rings. The molecule has 0 bridgehead atoms. The minimum absolute atomic E-state index is 0.258. The van der Waals surface area contributed by atoms with Gasteiger partial charge in [-0.2, -0.15) is 0 Å². The van der Waals surface area contributed by atoms with E-state index in [2.05, 4.69) is 12.2 Å². The van der Waals surface area contributed by atoms with E-state index >= 15 is 0 Å². The molecule has 0 heterocycles. The molecule has 0 radical (unpaired) electrons. The van der Waals surface area contributed by atoms with E-state index in [-0.39, 0.29) is 5.92 Å². The minimum atomic E-state index is -0.724. The topological polar surface area (TPSA) is 20.2 Å². The molecule has 1 nitrogen and oxygen atoms in total. The molecule has 1 aliphatic carbocycles. The van der Waals surface area contributed by atoms with E-state index in [0.717, 1.165) is 18.4 Å². The van der Waals surface area contributed by atoms with Crippen molar-refractivity contribution < 1.29 is 5.11 Å². The molecule has 1 aliphatic rings. The molecule has 0 spiro atoms. The summed E-state index contributed by atoms with van der Waals surface area (Å²) >= 11 is 0. The normalized spacial score (nSPS) is 24.8. The molecule has 2 unspecified atom stereocenters. The highest BCUT2D eigenvalue weighted by Crippen LogP contribution is 2.35. The number of hydrogen-bond donors (Lipinski definition) is 1. The summed E-state index contributed by atoms with van der Waals surface area (Å²) in [6.07, 6.45) is 7.77. The summed E-state index contributed by atoms with van der Waals surface area (Å²) in [6.45, 7) is 1.92. The van der Waals surface area contributed by atoms with E-state index in [9.17, 15) is 5.11 Å². The molecule has 1 N–H and O–H groups in total. The first kappa shape index (κ1) is 10.4. The number of rotatable bonds is 2. The van der Waals surface area contributed by atoms with Crippen LogP contribution >= 0.6 is 0 Å². The van der Waals surface area contributed by atoms with Gasteiger partial charge >= 0.3 is 0 Å². The summed E-state index contributed by atoms with van der Waals surface area (Å²) in [5, 5.41) is 10.6. The highest BCUT2D eigenvalue weighted by Gasteiger charge is 2.32. The molecule has 1 aromatic carbocycles. The Morgan fingerprint density at radius 3 is 2.60 bits per heavy atom. The molecule has 0 aliphatic heterocycles. The van der Waals surface area contributed by atoms with Crippen molar-refractivity contribution in [2.75, 3.05) is 0 Å². The molecule has 80 valence electrons. The van der Waals surface area contributed by atoms with Crippen molar-refractivity contribution in [2.24, 2.45) is 5.92 Å². The monoisotopic (exact) mass is 202 g/mol. The number of aliphatic hydroxyl groups is 1. The van der Waals surface area contributed by atoms with E-state index in [4.69, 9.17) is 0 Å². The summed E-state index contributed by atoms with van der Waals surface area (Å²) in [5.41, 5.74) is 0.291. The number of allylic oxidation sites excluding steroid dienone is 1. The van der Waals surface area contributed by atoms with Gasteiger partial charge < -0.3 is 5.11 Å². The van der Waals surface area contributed by atoms with Gasteiger partial charge in [-0.15, -0.1) is 0 Å². The maximum absolute atomic E-state index is 10.6. The summed E-state index contributed by atoms with van der Waals surface area (Å²) in [5.74, 6) is 0.258. The molecule has 0 amide bonds. The Kier molecular flexibility index (Phi) is 2.92. The fourth-order valence-electron chi connectivity index (χ4n) is 2.27. The van der Waals surface area contributed by atoms with Crippen molar-refractivity contribution in [2.45, 2.75) is 31.8 Å². The predicted octanol–water partition coefficient (Wildman–Crippen LogP) is 3.25. The second-order valence-electron chi connectivity index (χ2n) is 4.48. The van der Waals surface area contributed by atoms with Gasteiger partial charge in [0.2, 0.25) is 0 Å². The van der Waals surface area contributed by atoms with Crippen molar-refractivity contribution in [3.05, 3.63) is 48.0 Å². The summed E-state index contributed by atoms with van der Waals surface area (Å²) in [7, 11) is 0. The number of benzene rings is 1. The summed E-state index contributed by atoms with van der Waals surface area (Å²) in [4.78, 5) is 0. The molecule has 15 heavy (non-hydrogen) atoms. The average molecular weight is 202 g/mol. The highest BCUT2D eigenvalue weighted by molar-refractivity contribution is 5.24. The zero-order chi connectivity index (χ0) is 10.7. The standard InChI is InChI=1S/C14H18O/c1-14(15,12-8-4-2-5-9-12)13-10-6-3-7-11-13/h2,4-6,8-10,13,15H,3,7,11H2,1H3. The van der Waals surface area contributed by atoms with E-state index in [1.807, 2.05) is 37.3 Å². The first-order chi connectivity index (χ1) is 7.21. The fourth-order valence-corrected chi connectivity index (χ4v) is 2.27. The Morgan fingerprint density at radius 2 is 2.00 bits per heavy atom. The van der Waals surface area contributed by atoms with Gasteiger partial charge in [-0.3, -0.25) is 0 Å². The van der Waals surface area contributed by atoms with Crippen LogP contribution in [0.2, 0.25) is 0 Å². The van der Waals surface area contributed by atoms with Crippen LogP contribution in [-0.4, -0.2) is 5.11 Å². The van der Waals surface area contributed by atoms with Gasteiger partial charge in [0.15, 0.2) is 0 Å². The van der Waals surface area contributed by atoms with E-state index in [0.29, 0.717) is 0 Å². The van der Waals surface area contributed by atoms with Gasteiger partial charge in [-0.05, 0) is 31.7 Å². The van der Waals surface area contributed by atoms with Crippen molar-refractivity contribution in [1.29, 1.82) is 0 Å². The zero-order valence-electron chi connectivity index (χ0n) is 9.19. The molecular formula is C14H18O. The maximum atomic E-state index is 10.6. The van der Waals surface area contributed by atoms with Crippen LogP contribution in [0.15, 0.2) is 42.5 Å². The smallest absolute Gasteiger partial charge is 0.0930 e. The lowest BCUT2D eigenvalue weighted by atomic mass is 9.78. The third-order valence-electron chi connectivity index (χ3n) is 3.33. The van der Waals surface area contributed by atoms with Gasteiger partial charge in [0, 0.05) is 5.92 Å². The van der Waals surface area contributed by atoms with Gasteiger partial charge in [0.1, 0.15) is 0 Å². The first-order valence-electron chi connectivity index (χ1n) is 5.66.